The standard InChI is InChI=1S/C14H26N4O6S/c1-7(2)3-8(15)12(21)18-10(6-25)13(22)16-4-11(20)17-9(5-19)14(23)24/h7-10,19,25H,3-6,15H2,1-2H3,(H,16,22)(H,17,20)(H,18,21)(H,23,24). The molecular weight excluding hydrogens is 352 g/mol. The van der Waals surface area contributed by atoms with Crippen LogP contribution in [0.2, 0.25) is 0 Å². The van der Waals surface area contributed by atoms with E-state index in [4.69, 9.17) is 15.9 Å². The number of carboxylic acids is 1. The minimum Gasteiger partial charge on any atom is -0.480 e. The summed E-state index contributed by atoms with van der Waals surface area (Å²) in [7, 11) is 0. The molecule has 10 nitrogen and oxygen atoms in total. The first-order chi connectivity index (χ1) is 11.6. The van der Waals surface area contributed by atoms with Crippen LogP contribution in [0.5, 0.6) is 0 Å². The summed E-state index contributed by atoms with van der Waals surface area (Å²) in [6.45, 7) is 2.52. The van der Waals surface area contributed by atoms with E-state index in [1.165, 1.54) is 0 Å². The van der Waals surface area contributed by atoms with Crippen LogP contribution < -0.4 is 21.7 Å². The van der Waals surface area contributed by atoms with Gasteiger partial charge in [0.25, 0.3) is 0 Å². The first kappa shape index (κ1) is 23.1. The van der Waals surface area contributed by atoms with Crippen LogP contribution in [0.4, 0.5) is 0 Å². The Kier molecular flexibility index (Phi) is 10.8. The van der Waals surface area contributed by atoms with Gasteiger partial charge >= 0.3 is 5.97 Å². The number of aliphatic hydroxyl groups excluding tert-OH is 1. The summed E-state index contributed by atoms with van der Waals surface area (Å²) in [5.74, 6) is -3.16. The van der Waals surface area contributed by atoms with E-state index in [0.717, 1.165) is 0 Å². The van der Waals surface area contributed by atoms with Gasteiger partial charge in [-0.25, -0.2) is 4.79 Å². The molecule has 0 aliphatic rings. The van der Waals surface area contributed by atoms with Crippen molar-refractivity contribution in [3.05, 3.63) is 0 Å². The molecule has 0 radical (unpaired) electrons. The molecule has 0 fully saturated rings. The number of carbonyl (C=O) groups excluding carboxylic acids is 3. The molecule has 0 saturated heterocycles. The molecule has 7 N–H and O–H groups in total. The second kappa shape index (κ2) is 11.7. The number of carboxylic acid groups (broad SMARTS) is 1. The minimum absolute atomic E-state index is 0.0119. The largest absolute Gasteiger partial charge is 0.480 e. The smallest absolute Gasteiger partial charge is 0.328 e. The summed E-state index contributed by atoms with van der Waals surface area (Å²) in [5.41, 5.74) is 5.73. The van der Waals surface area contributed by atoms with Crippen molar-refractivity contribution in [2.45, 2.75) is 38.4 Å². The van der Waals surface area contributed by atoms with Gasteiger partial charge in [-0.15, -0.1) is 0 Å². The highest BCUT2D eigenvalue weighted by atomic mass is 32.1. The van der Waals surface area contributed by atoms with Crippen LogP contribution in [0.3, 0.4) is 0 Å². The van der Waals surface area contributed by atoms with Crippen molar-refractivity contribution in [3.8, 4) is 0 Å². The maximum Gasteiger partial charge on any atom is 0.328 e. The Morgan fingerprint density at radius 2 is 1.68 bits per heavy atom. The van der Waals surface area contributed by atoms with Gasteiger partial charge < -0.3 is 31.9 Å². The summed E-state index contributed by atoms with van der Waals surface area (Å²) in [6, 6.07) is -3.21. The number of carbonyl (C=O) groups is 4. The highest BCUT2D eigenvalue weighted by Gasteiger charge is 2.24. The first-order valence-electron chi connectivity index (χ1n) is 7.69. The number of hydrogen-bond acceptors (Lipinski definition) is 7. The van der Waals surface area contributed by atoms with E-state index < -0.39 is 55.0 Å². The predicted octanol–water partition coefficient (Wildman–Crippen LogP) is -2.55. The van der Waals surface area contributed by atoms with Gasteiger partial charge in [0.05, 0.1) is 19.2 Å². The number of rotatable bonds is 11. The molecule has 144 valence electrons. The minimum atomic E-state index is -1.46. The fraction of sp³-hybridized carbons (Fsp3) is 0.714. The van der Waals surface area contributed by atoms with E-state index >= 15 is 0 Å². The highest BCUT2D eigenvalue weighted by molar-refractivity contribution is 7.80. The van der Waals surface area contributed by atoms with Gasteiger partial charge in [-0.05, 0) is 12.3 Å². The molecule has 3 unspecified atom stereocenters. The van der Waals surface area contributed by atoms with Crippen LogP contribution in [0.15, 0.2) is 0 Å². The average molecular weight is 378 g/mol. The average Bonchev–Trinajstić information content (AvgIpc) is 2.53. The third kappa shape index (κ3) is 9.27. The topological polar surface area (TPSA) is 171 Å². The summed E-state index contributed by atoms with van der Waals surface area (Å²) in [6.07, 6.45) is 0.451. The lowest BCUT2D eigenvalue weighted by molar-refractivity contribution is -0.142. The monoisotopic (exact) mass is 378 g/mol. The van der Waals surface area contributed by atoms with Crippen molar-refractivity contribution < 1.29 is 29.4 Å². The van der Waals surface area contributed by atoms with Crippen LogP contribution in [-0.2, 0) is 19.2 Å². The zero-order valence-electron chi connectivity index (χ0n) is 14.2. The molecule has 0 aliphatic carbocycles. The Morgan fingerprint density at radius 1 is 1.08 bits per heavy atom. The van der Waals surface area contributed by atoms with Crippen molar-refractivity contribution in [1.29, 1.82) is 0 Å². The Hall–Kier alpha value is -1.85. The molecule has 0 saturated carbocycles. The summed E-state index contributed by atoms with van der Waals surface area (Å²) >= 11 is 3.98. The molecule has 3 atom stereocenters. The van der Waals surface area contributed by atoms with E-state index in [0.29, 0.717) is 6.42 Å². The fourth-order valence-corrected chi connectivity index (χ4v) is 2.07. The third-order valence-electron chi connectivity index (χ3n) is 3.12. The Bertz CT molecular complexity index is 488. The summed E-state index contributed by atoms with van der Waals surface area (Å²) in [5, 5.41) is 24.3. The van der Waals surface area contributed by atoms with Gasteiger partial charge in [-0.1, -0.05) is 13.8 Å². The lowest BCUT2D eigenvalue weighted by atomic mass is 10.0. The van der Waals surface area contributed by atoms with E-state index in [-0.39, 0.29) is 11.7 Å². The number of hydrogen-bond donors (Lipinski definition) is 7. The number of thiol groups is 1. The van der Waals surface area contributed by atoms with E-state index in [1.54, 1.807) is 0 Å². The van der Waals surface area contributed by atoms with Crippen molar-refractivity contribution in [3.63, 3.8) is 0 Å². The van der Waals surface area contributed by atoms with Crippen LogP contribution in [0, 0.1) is 5.92 Å². The molecule has 0 heterocycles. The van der Waals surface area contributed by atoms with Gasteiger partial charge in [0.2, 0.25) is 17.7 Å². The molecule has 0 rings (SSSR count). The molecule has 11 heteroatoms. The Balaban J connectivity index is 4.48. The molecule has 0 spiro atoms. The van der Waals surface area contributed by atoms with E-state index in [2.05, 4.69) is 23.3 Å². The quantitative estimate of drug-likeness (QED) is 0.194. The van der Waals surface area contributed by atoms with Gasteiger partial charge in [-0.2, -0.15) is 12.6 Å². The van der Waals surface area contributed by atoms with Crippen LogP contribution >= 0.6 is 12.6 Å². The lowest BCUT2D eigenvalue weighted by Gasteiger charge is -2.20. The molecule has 0 aliphatic heterocycles. The molecule has 0 aromatic heterocycles. The number of aliphatic hydroxyl groups is 1. The molecule has 0 bridgehead atoms. The number of nitrogens with one attached hydrogen (secondary N) is 3. The normalized spacial score (nSPS) is 14.3. The fourth-order valence-electron chi connectivity index (χ4n) is 1.81. The van der Waals surface area contributed by atoms with Gasteiger partial charge in [0.15, 0.2) is 0 Å². The molecule has 25 heavy (non-hydrogen) atoms. The van der Waals surface area contributed by atoms with E-state index in [9.17, 15) is 19.2 Å². The van der Waals surface area contributed by atoms with Crippen molar-refractivity contribution in [1.82, 2.24) is 16.0 Å². The molecule has 3 amide bonds. The zero-order chi connectivity index (χ0) is 19.6. The first-order valence-corrected chi connectivity index (χ1v) is 8.33. The lowest BCUT2D eigenvalue weighted by Crippen LogP contribution is -2.54. The van der Waals surface area contributed by atoms with E-state index in [1.807, 2.05) is 19.2 Å². The molecule has 0 aromatic carbocycles. The summed E-state index contributed by atoms with van der Waals surface area (Å²) < 4.78 is 0. The Labute approximate surface area is 151 Å². The van der Waals surface area contributed by atoms with Crippen LogP contribution in [0.1, 0.15) is 20.3 Å². The number of aliphatic carboxylic acids is 1. The van der Waals surface area contributed by atoms with Gasteiger partial charge in [-0.3, -0.25) is 14.4 Å². The Morgan fingerprint density at radius 3 is 2.12 bits per heavy atom. The van der Waals surface area contributed by atoms with Crippen molar-refractivity contribution in [2.75, 3.05) is 18.9 Å². The van der Waals surface area contributed by atoms with Crippen LogP contribution in [0.25, 0.3) is 0 Å². The second-order valence-corrected chi connectivity index (χ2v) is 6.20. The van der Waals surface area contributed by atoms with Crippen molar-refractivity contribution >= 4 is 36.3 Å². The molecule has 0 aromatic rings. The maximum atomic E-state index is 12.0. The highest BCUT2D eigenvalue weighted by Crippen LogP contribution is 2.03. The molecular formula is C14H26N4O6S. The SMILES string of the molecule is CC(C)CC(N)C(=O)NC(CS)C(=O)NCC(=O)NC(CO)C(=O)O. The zero-order valence-corrected chi connectivity index (χ0v) is 15.1. The van der Waals surface area contributed by atoms with Gasteiger partial charge in [0, 0.05) is 5.75 Å². The third-order valence-corrected chi connectivity index (χ3v) is 3.48. The maximum absolute atomic E-state index is 12.0. The number of amides is 3. The van der Waals surface area contributed by atoms with Crippen LogP contribution in [-0.4, -0.2) is 70.9 Å². The van der Waals surface area contributed by atoms with Gasteiger partial charge in [0.1, 0.15) is 12.1 Å². The number of nitrogens with two attached hydrogens (primary N) is 1. The predicted molar refractivity (Wildman–Crippen MR) is 92.9 cm³/mol. The second-order valence-electron chi connectivity index (χ2n) is 5.84. The van der Waals surface area contributed by atoms with Crippen molar-refractivity contribution in [2.24, 2.45) is 11.7 Å². The summed E-state index contributed by atoms with van der Waals surface area (Å²) in [4.78, 5) is 46.2.